The van der Waals surface area contributed by atoms with E-state index in [1.807, 2.05) is 69.3 Å². The van der Waals surface area contributed by atoms with E-state index in [2.05, 4.69) is 5.32 Å². The lowest BCUT2D eigenvalue weighted by Crippen LogP contribution is -2.46. The number of ether oxygens (including phenoxy) is 3. The summed E-state index contributed by atoms with van der Waals surface area (Å²) in [6, 6.07) is 16.3. The molecule has 0 aromatic heterocycles. The topological polar surface area (TPSA) is 77.1 Å². The van der Waals surface area contributed by atoms with Crippen LogP contribution >= 0.6 is 0 Å². The molecule has 0 radical (unpaired) electrons. The highest BCUT2D eigenvalue weighted by atomic mass is 16.5. The standard InChI is InChI=1S/C30H34N2O5/c1-7-14-32-27(20-16-24(35-4)28(37-6)25(17-20)36-5)26(22-10-8-9-11-23(22)30(32)34)29(33)31-21-13-12-18(2)19(3)15-21/h8-13,15-17,26-27H,7,14H2,1-6H3,(H,31,33)/t26-,27-/m0/s1. The van der Waals surface area contributed by atoms with Crippen molar-refractivity contribution >= 4 is 17.5 Å². The number of rotatable bonds is 8. The fraction of sp³-hybridized carbons (Fsp3) is 0.333. The van der Waals surface area contributed by atoms with Crippen molar-refractivity contribution in [2.75, 3.05) is 33.2 Å². The number of nitrogens with zero attached hydrogens (tertiary/aromatic N) is 1. The summed E-state index contributed by atoms with van der Waals surface area (Å²) in [4.78, 5) is 29.6. The zero-order valence-electron chi connectivity index (χ0n) is 22.3. The van der Waals surface area contributed by atoms with Gasteiger partial charge in [0.25, 0.3) is 5.91 Å². The molecule has 1 heterocycles. The predicted octanol–water partition coefficient (Wildman–Crippen LogP) is 5.66. The maximum absolute atomic E-state index is 14.1. The van der Waals surface area contributed by atoms with Gasteiger partial charge >= 0.3 is 0 Å². The van der Waals surface area contributed by atoms with Crippen molar-refractivity contribution in [1.29, 1.82) is 0 Å². The van der Waals surface area contributed by atoms with Crippen LogP contribution in [0, 0.1) is 13.8 Å². The van der Waals surface area contributed by atoms with E-state index in [9.17, 15) is 9.59 Å². The third kappa shape index (κ3) is 4.86. The zero-order chi connectivity index (χ0) is 26.7. The third-order valence-electron chi connectivity index (χ3n) is 6.99. The van der Waals surface area contributed by atoms with E-state index < -0.39 is 12.0 Å². The Kier molecular flexibility index (Phi) is 7.71. The van der Waals surface area contributed by atoms with Crippen LogP contribution in [0.1, 0.15) is 57.9 Å². The van der Waals surface area contributed by atoms with Crippen LogP contribution in [0.2, 0.25) is 0 Å². The minimum Gasteiger partial charge on any atom is -0.493 e. The van der Waals surface area contributed by atoms with Crippen LogP contribution in [0.5, 0.6) is 17.2 Å². The Morgan fingerprint density at radius 3 is 2.19 bits per heavy atom. The SMILES string of the molecule is CCCN1C(=O)c2ccccc2[C@H](C(=O)Nc2ccc(C)c(C)c2)[C@@H]1c1cc(OC)c(OC)c(OC)c1. The summed E-state index contributed by atoms with van der Waals surface area (Å²) in [6.45, 7) is 6.56. The van der Waals surface area contributed by atoms with E-state index in [0.29, 0.717) is 40.6 Å². The van der Waals surface area contributed by atoms with Gasteiger partial charge in [-0.3, -0.25) is 9.59 Å². The Labute approximate surface area is 218 Å². The molecule has 0 spiro atoms. The second-order valence-corrected chi connectivity index (χ2v) is 9.26. The molecule has 0 bridgehead atoms. The van der Waals surface area contributed by atoms with Crippen LogP contribution in [-0.2, 0) is 4.79 Å². The minimum atomic E-state index is -0.662. The summed E-state index contributed by atoms with van der Waals surface area (Å²) in [6.07, 6.45) is 0.736. The molecule has 3 aromatic rings. The summed E-state index contributed by atoms with van der Waals surface area (Å²) in [7, 11) is 4.65. The maximum Gasteiger partial charge on any atom is 0.254 e. The van der Waals surface area contributed by atoms with Crippen molar-refractivity contribution in [3.05, 3.63) is 82.4 Å². The van der Waals surface area contributed by atoms with Crippen LogP contribution < -0.4 is 19.5 Å². The first kappa shape index (κ1) is 26.1. The van der Waals surface area contributed by atoms with Crippen LogP contribution in [0.15, 0.2) is 54.6 Å². The average molecular weight is 503 g/mol. The molecule has 0 aliphatic carbocycles. The number of methoxy groups -OCH3 is 3. The molecule has 4 rings (SSSR count). The van der Waals surface area contributed by atoms with Gasteiger partial charge in [-0.05, 0) is 72.9 Å². The molecule has 0 fully saturated rings. The molecule has 2 amide bonds. The summed E-state index contributed by atoms with van der Waals surface area (Å²) in [5.41, 5.74) is 4.92. The van der Waals surface area contributed by atoms with Crippen molar-refractivity contribution in [2.45, 2.75) is 39.2 Å². The second-order valence-electron chi connectivity index (χ2n) is 9.26. The number of amides is 2. The monoisotopic (exact) mass is 502 g/mol. The quantitative estimate of drug-likeness (QED) is 0.430. The number of hydrogen-bond acceptors (Lipinski definition) is 5. The van der Waals surface area contributed by atoms with Crippen LogP contribution in [0.4, 0.5) is 5.69 Å². The van der Waals surface area contributed by atoms with Crippen molar-refractivity contribution in [1.82, 2.24) is 4.90 Å². The summed E-state index contributed by atoms with van der Waals surface area (Å²) >= 11 is 0. The first-order chi connectivity index (χ1) is 17.8. The van der Waals surface area contributed by atoms with Gasteiger partial charge in [-0.1, -0.05) is 31.2 Å². The number of aryl methyl sites for hydroxylation is 2. The average Bonchev–Trinajstić information content (AvgIpc) is 2.91. The molecule has 194 valence electrons. The van der Waals surface area contributed by atoms with Crippen molar-refractivity contribution in [3.63, 3.8) is 0 Å². The van der Waals surface area contributed by atoms with Crippen LogP contribution in [0.25, 0.3) is 0 Å². The lowest BCUT2D eigenvalue weighted by Gasteiger charge is -2.42. The molecule has 0 saturated heterocycles. The molecule has 1 aliphatic heterocycles. The number of nitrogens with one attached hydrogen (secondary N) is 1. The van der Waals surface area contributed by atoms with Crippen LogP contribution in [0.3, 0.4) is 0 Å². The van der Waals surface area contributed by atoms with E-state index in [-0.39, 0.29) is 11.8 Å². The highest BCUT2D eigenvalue weighted by Crippen LogP contribution is 2.47. The lowest BCUT2D eigenvalue weighted by atomic mass is 9.78. The first-order valence-electron chi connectivity index (χ1n) is 12.4. The van der Waals surface area contributed by atoms with Gasteiger partial charge in [0.1, 0.15) is 0 Å². The Hall–Kier alpha value is -4.00. The molecule has 37 heavy (non-hydrogen) atoms. The number of fused-ring (bicyclic) bond motifs is 1. The Morgan fingerprint density at radius 2 is 1.59 bits per heavy atom. The highest BCUT2D eigenvalue weighted by Gasteiger charge is 2.44. The molecular weight excluding hydrogens is 468 g/mol. The number of carbonyl (C=O) groups is 2. The van der Waals surface area contributed by atoms with E-state index in [0.717, 1.165) is 23.1 Å². The second kappa shape index (κ2) is 10.9. The fourth-order valence-electron chi connectivity index (χ4n) is 5.04. The van der Waals surface area contributed by atoms with Crippen molar-refractivity contribution in [3.8, 4) is 17.2 Å². The lowest BCUT2D eigenvalue weighted by molar-refractivity contribution is -0.119. The van der Waals surface area contributed by atoms with Crippen LogP contribution in [-0.4, -0.2) is 44.6 Å². The van der Waals surface area contributed by atoms with E-state index in [1.165, 1.54) is 0 Å². The molecule has 7 heteroatoms. The molecule has 7 nitrogen and oxygen atoms in total. The smallest absolute Gasteiger partial charge is 0.254 e. The third-order valence-corrected chi connectivity index (χ3v) is 6.99. The molecule has 3 aromatic carbocycles. The molecule has 1 aliphatic rings. The number of hydrogen-bond donors (Lipinski definition) is 1. The summed E-state index contributed by atoms with van der Waals surface area (Å²) < 4.78 is 16.7. The summed E-state index contributed by atoms with van der Waals surface area (Å²) in [5, 5.41) is 3.11. The largest absolute Gasteiger partial charge is 0.493 e. The van der Waals surface area contributed by atoms with E-state index >= 15 is 0 Å². The molecule has 0 unspecified atom stereocenters. The fourth-order valence-corrected chi connectivity index (χ4v) is 5.04. The number of anilines is 1. The molecule has 1 N–H and O–H groups in total. The van der Waals surface area contributed by atoms with Gasteiger partial charge in [-0.25, -0.2) is 0 Å². The Balaban J connectivity index is 1.91. The van der Waals surface area contributed by atoms with Gasteiger partial charge in [0.05, 0.1) is 33.3 Å². The molecule has 0 saturated carbocycles. The Morgan fingerprint density at radius 1 is 0.919 bits per heavy atom. The number of carbonyl (C=O) groups excluding carboxylic acids is 2. The molecule has 2 atom stereocenters. The van der Waals surface area contributed by atoms with Crippen molar-refractivity contribution in [2.24, 2.45) is 0 Å². The van der Waals surface area contributed by atoms with E-state index in [4.69, 9.17) is 14.2 Å². The normalized spacial score (nSPS) is 16.7. The van der Waals surface area contributed by atoms with E-state index in [1.54, 1.807) is 32.3 Å². The van der Waals surface area contributed by atoms with Crippen molar-refractivity contribution < 1.29 is 23.8 Å². The highest BCUT2D eigenvalue weighted by molar-refractivity contribution is 6.04. The van der Waals surface area contributed by atoms with Gasteiger partial charge in [-0.2, -0.15) is 0 Å². The Bertz CT molecular complexity index is 1290. The maximum atomic E-state index is 14.1. The van der Waals surface area contributed by atoms with Gasteiger partial charge in [0.2, 0.25) is 11.7 Å². The first-order valence-corrected chi connectivity index (χ1v) is 12.4. The van der Waals surface area contributed by atoms with Gasteiger partial charge in [0, 0.05) is 17.8 Å². The predicted molar refractivity (Wildman–Crippen MR) is 144 cm³/mol. The van der Waals surface area contributed by atoms with Gasteiger partial charge in [-0.15, -0.1) is 0 Å². The zero-order valence-corrected chi connectivity index (χ0v) is 22.3. The van der Waals surface area contributed by atoms with Gasteiger partial charge < -0.3 is 24.4 Å². The summed E-state index contributed by atoms with van der Waals surface area (Å²) in [5.74, 6) is 0.426. The van der Waals surface area contributed by atoms with Gasteiger partial charge in [0.15, 0.2) is 11.5 Å². The molecular formula is C30H34N2O5. The minimum absolute atomic E-state index is 0.105. The number of benzene rings is 3.